The first-order chi connectivity index (χ1) is 11.0. The van der Waals surface area contributed by atoms with Crippen LogP contribution in [-0.4, -0.2) is 18.4 Å². The molecule has 0 heterocycles. The molecule has 2 rings (SSSR count). The molecular formula is C18H19BrN2O2. The van der Waals surface area contributed by atoms with Crippen molar-refractivity contribution in [3.8, 4) is 0 Å². The van der Waals surface area contributed by atoms with Crippen LogP contribution in [0.15, 0.2) is 53.0 Å². The number of hydrogen-bond acceptors (Lipinski definition) is 2. The highest BCUT2D eigenvalue weighted by molar-refractivity contribution is 9.10. The summed E-state index contributed by atoms with van der Waals surface area (Å²) in [5.41, 5.74) is 2.80. The van der Waals surface area contributed by atoms with Crippen molar-refractivity contribution in [2.75, 3.05) is 6.54 Å². The molecule has 0 unspecified atom stereocenters. The van der Waals surface area contributed by atoms with Gasteiger partial charge in [-0.1, -0.05) is 57.9 Å². The van der Waals surface area contributed by atoms with Gasteiger partial charge in [0.1, 0.15) is 0 Å². The molecule has 0 saturated heterocycles. The van der Waals surface area contributed by atoms with Crippen molar-refractivity contribution in [2.24, 2.45) is 0 Å². The lowest BCUT2D eigenvalue weighted by atomic mass is 10.1. The van der Waals surface area contributed by atoms with E-state index < -0.39 is 0 Å². The number of carbonyl (C=O) groups excluding carboxylic acids is 2. The zero-order valence-corrected chi connectivity index (χ0v) is 14.5. The van der Waals surface area contributed by atoms with E-state index >= 15 is 0 Å². The molecule has 0 aliphatic heterocycles. The topological polar surface area (TPSA) is 58.2 Å². The normalized spacial score (nSPS) is 10.2. The van der Waals surface area contributed by atoms with Gasteiger partial charge in [0.2, 0.25) is 0 Å². The summed E-state index contributed by atoms with van der Waals surface area (Å²) in [7, 11) is 0. The number of halogens is 1. The van der Waals surface area contributed by atoms with Crippen LogP contribution in [0.3, 0.4) is 0 Å². The van der Waals surface area contributed by atoms with Crippen LogP contribution in [0.4, 0.5) is 4.79 Å². The maximum atomic E-state index is 12.0. The van der Waals surface area contributed by atoms with Gasteiger partial charge in [-0.25, -0.2) is 4.79 Å². The van der Waals surface area contributed by atoms with Crippen LogP contribution in [0.5, 0.6) is 0 Å². The third-order valence-corrected chi connectivity index (χ3v) is 3.85. The minimum Gasteiger partial charge on any atom is -0.338 e. The van der Waals surface area contributed by atoms with Gasteiger partial charge in [-0.05, 0) is 24.6 Å². The van der Waals surface area contributed by atoms with Gasteiger partial charge >= 0.3 is 6.03 Å². The highest BCUT2D eigenvalue weighted by atomic mass is 79.9. The van der Waals surface area contributed by atoms with E-state index in [2.05, 4.69) is 26.6 Å². The Balaban J connectivity index is 1.70. The molecule has 2 N–H and O–H groups in total. The minimum atomic E-state index is -0.276. The molecule has 0 aliphatic carbocycles. The highest BCUT2D eigenvalue weighted by Crippen LogP contribution is 2.11. The summed E-state index contributed by atoms with van der Waals surface area (Å²) in [5, 5.41) is 5.46. The van der Waals surface area contributed by atoms with Crippen LogP contribution in [0.25, 0.3) is 0 Å². The van der Waals surface area contributed by atoms with Crippen molar-refractivity contribution in [3.63, 3.8) is 0 Å². The molecule has 0 saturated carbocycles. The Labute approximate surface area is 144 Å². The average Bonchev–Trinajstić information content (AvgIpc) is 2.53. The predicted octanol–water partition coefficient (Wildman–Crippen LogP) is 3.83. The van der Waals surface area contributed by atoms with Gasteiger partial charge in [0, 0.05) is 29.5 Å². The molecule has 23 heavy (non-hydrogen) atoms. The number of Topliss-reactive ketones (excluding diaryl/α,β-unsaturated/α-hetero) is 1. The Morgan fingerprint density at radius 2 is 1.78 bits per heavy atom. The Kier molecular flexibility index (Phi) is 6.35. The number of urea groups is 1. The van der Waals surface area contributed by atoms with Crippen molar-refractivity contribution in [1.29, 1.82) is 0 Å². The number of ketones is 1. The zero-order chi connectivity index (χ0) is 16.7. The summed E-state index contributed by atoms with van der Waals surface area (Å²) < 4.78 is 0.973. The summed E-state index contributed by atoms with van der Waals surface area (Å²) in [6.45, 7) is 2.74. The largest absolute Gasteiger partial charge is 0.338 e. The van der Waals surface area contributed by atoms with E-state index in [0.717, 1.165) is 15.6 Å². The molecule has 4 nitrogen and oxygen atoms in total. The van der Waals surface area contributed by atoms with E-state index in [0.29, 0.717) is 18.7 Å². The smallest absolute Gasteiger partial charge is 0.315 e. The lowest BCUT2D eigenvalue weighted by Gasteiger charge is -2.08. The fraction of sp³-hybridized carbons (Fsp3) is 0.222. The van der Waals surface area contributed by atoms with Crippen molar-refractivity contribution < 1.29 is 9.59 Å². The lowest BCUT2D eigenvalue weighted by Crippen LogP contribution is -2.36. The molecule has 0 radical (unpaired) electrons. The number of nitrogens with one attached hydrogen (secondary N) is 2. The number of hydrogen-bond donors (Lipinski definition) is 2. The molecule has 0 atom stereocenters. The van der Waals surface area contributed by atoms with E-state index in [4.69, 9.17) is 0 Å². The molecule has 0 spiro atoms. The first kappa shape index (κ1) is 17.2. The molecule has 2 aromatic rings. The van der Waals surface area contributed by atoms with Crippen LogP contribution in [0.2, 0.25) is 0 Å². The molecule has 120 valence electrons. The van der Waals surface area contributed by atoms with Crippen molar-refractivity contribution in [2.45, 2.75) is 19.9 Å². The van der Waals surface area contributed by atoms with E-state index in [9.17, 15) is 9.59 Å². The number of rotatable bonds is 6. The third kappa shape index (κ3) is 5.87. The summed E-state index contributed by atoms with van der Waals surface area (Å²) in [4.78, 5) is 23.7. The fourth-order valence-electron chi connectivity index (χ4n) is 2.07. The standard InChI is InChI=1S/C18H19BrN2O2/c1-13-5-7-15(8-6-13)17(22)9-10-20-18(23)21-12-14-3-2-4-16(19)11-14/h2-8,11H,9-10,12H2,1H3,(H2,20,21,23). The molecular weight excluding hydrogens is 356 g/mol. The lowest BCUT2D eigenvalue weighted by molar-refractivity contribution is 0.0983. The van der Waals surface area contributed by atoms with Gasteiger partial charge in [-0.2, -0.15) is 0 Å². The molecule has 2 aromatic carbocycles. The van der Waals surface area contributed by atoms with E-state index in [-0.39, 0.29) is 18.2 Å². The van der Waals surface area contributed by atoms with Crippen LogP contribution in [0.1, 0.15) is 27.9 Å². The Morgan fingerprint density at radius 1 is 1.04 bits per heavy atom. The third-order valence-electron chi connectivity index (χ3n) is 3.35. The maximum Gasteiger partial charge on any atom is 0.315 e. The zero-order valence-electron chi connectivity index (χ0n) is 12.9. The second-order valence-corrected chi connectivity index (χ2v) is 6.19. The molecule has 0 aromatic heterocycles. The highest BCUT2D eigenvalue weighted by Gasteiger charge is 2.06. The van der Waals surface area contributed by atoms with Crippen LogP contribution < -0.4 is 10.6 Å². The van der Waals surface area contributed by atoms with Gasteiger partial charge in [0.15, 0.2) is 5.78 Å². The van der Waals surface area contributed by atoms with Crippen molar-refractivity contribution in [3.05, 3.63) is 69.7 Å². The van der Waals surface area contributed by atoms with Gasteiger partial charge < -0.3 is 10.6 Å². The monoisotopic (exact) mass is 374 g/mol. The van der Waals surface area contributed by atoms with E-state index in [1.165, 1.54) is 0 Å². The Morgan fingerprint density at radius 3 is 2.48 bits per heavy atom. The van der Waals surface area contributed by atoms with E-state index in [1.807, 2.05) is 55.5 Å². The number of amides is 2. The maximum absolute atomic E-state index is 12.0. The van der Waals surface area contributed by atoms with Crippen molar-refractivity contribution >= 4 is 27.7 Å². The van der Waals surface area contributed by atoms with Gasteiger partial charge in [-0.3, -0.25) is 4.79 Å². The molecule has 2 amide bonds. The van der Waals surface area contributed by atoms with E-state index in [1.54, 1.807) is 0 Å². The van der Waals surface area contributed by atoms with Crippen LogP contribution in [-0.2, 0) is 6.54 Å². The molecule has 5 heteroatoms. The molecule has 0 fully saturated rings. The first-order valence-electron chi connectivity index (χ1n) is 7.40. The summed E-state index contributed by atoms with van der Waals surface area (Å²) in [6.07, 6.45) is 0.285. The van der Waals surface area contributed by atoms with Gasteiger partial charge in [0.25, 0.3) is 0 Å². The summed E-state index contributed by atoms with van der Waals surface area (Å²) >= 11 is 3.39. The fourth-order valence-corrected chi connectivity index (χ4v) is 2.51. The SMILES string of the molecule is Cc1ccc(C(=O)CCNC(=O)NCc2cccc(Br)c2)cc1. The Hall–Kier alpha value is -2.14. The molecule has 0 bridgehead atoms. The number of carbonyl (C=O) groups is 2. The van der Waals surface area contributed by atoms with Crippen molar-refractivity contribution in [1.82, 2.24) is 10.6 Å². The minimum absolute atomic E-state index is 0.0253. The average molecular weight is 375 g/mol. The molecule has 0 aliphatic rings. The van der Waals surface area contributed by atoms with Gasteiger partial charge in [0.05, 0.1) is 0 Å². The quantitative estimate of drug-likeness (QED) is 0.754. The second kappa shape index (κ2) is 8.48. The predicted molar refractivity (Wildman–Crippen MR) is 94.5 cm³/mol. The second-order valence-electron chi connectivity index (χ2n) is 5.28. The van der Waals surface area contributed by atoms with Crippen LogP contribution in [0, 0.1) is 6.92 Å². The van der Waals surface area contributed by atoms with Gasteiger partial charge in [-0.15, -0.1) is 0 Å². The number of benzene rings is 2. The summed E-state index contributed by atoms with van der Waals surface area (Å²) in [5.74, 6) is 0.0253. The van der Waals surface area contributed by atoms with Crippen LogP contribution >= 0.6 is 15.9 Å². The summed E-state index contributed by atoms with van der Waals surface area (Å²) in [6, 6.07) is 14.9. The number of aryl methyl sites for hydroxylation is 1. The Bertz CT molecular complexity index is 684. The first-order valence-corrected chi connectivity index (χ1v) is 8.20.